The van der Waals surface area contributed by atoms with Crippen LogP contribution < -0.4 is 9.47 Å². The number of ketones is 3. The first-order valence-corrected chi connectivity index (χ1v) is 14.3. The molecule has 5 aliphatic rings. The molecule has 0 spiro atoms. The Morgan fingerprint density at radius 3 is 2.11 bits per heavy atom. The second-order valence-electron chi connectivity index (χ2n) is 12.4. The normalized spacial score (nSPS) is 37.7. The van der Waals surface area contributed by atoms with E-state index in [-0.39, 0.29) is 35.5 Å². The molecule has 45 heavy (non-hydrogen) atoms. The van der Waals surface area contributed by atoms with Gasteiger partial charge >= 0.3 is 11.9 Å². The van der Waals surface area contributed by atoms with Crippen LogP contribution in [0.15, 0.2) is 24.3 Å². The number of fused-ring (bicyclic) bond motifs is 3. The highest BCUT2D eigenvalue weighted by atomic mass is 16.6. The SMILES string of the molecule is COC(=O)C12Oc3ccc(-c4ccc5c(c4O)C(=O)[C@@]4(O)C6C[C@H](C)[C@H](O)C4(O5)C(=O)O6)c(O)c3C(=O)C1C(=O)CC(C)C2O. The molecule has 14 heteroatoms. The first kappa shape index (κ1) is 29.2. The number of esters is 2. The molecule has 0 amide bonds. The van der Waals surface area contributed by atoms with Crippen LogP contribution in [0.4, 0.5) is 0 Å². The van der Waals surface area contributed by atoms with Crippen LogP contribution in [0.3, 0.4) is 0 Å². The predicted molar refractivity (Wildman–Crippen MR) is 146 cm³/mol. The molecular formula is C31H28O14. The molecule has 2 saturated carbocycles. The molecule has 3 heterocycles. The van der Waals surface area contributed by atoms with Gasteiger partial charge in [0, 0.05) is 17.5 Å². The maximum absolute atomic E-state index is 13.9. The van der Waals surface area contributed by atoms with Crippen molar-refractivity contribution in [3.8, 4) is 34.1 Å². The first-order chi connectivity index (χ1) is 21.2. The van der Waals surface area contributed by atoms with Crippen LogP contribution in [0, 0.1) is 17.8 Å². The number of ether oxygens (including phenoxy) is 4. The van der Waals surface area contributed by atoms with Crippen LogP contribution in [0.25, 0.3) is 11.1 Å². The lowest BCUT2D eigenvalue weighted by Gasteiger charge is -2.49. The van der Waals surface area contributed by atoms with Crippen molar-refractivity contribution in [3.63, 3.8) is 0 Å². The summed E-state index contributed by atoms with van der Waals surface area (Å²) in [6.45, 7) is 3.11. The summed E-state index contributed by atoms with van der Waals surface area (Å²) in [5.74, 6) is -10.6. The van der Waals surface area contributed by atoms with E-state index >= 15 is 0 Å². The van der Waals surface area contributed by atoms with Gasteiger partial charge in [-0.2, -0.15) is 0 Å². The number of carbonyl (C=O) groups is 5. The Hall–Kier alpha value is -4.53. The summed E-state index contributed by atoms with van der Waals surface area (Å²) in [4.78, 5) is 66.8. The van der Waals surface area contributed by atoms with Gasteiger partial charge < -0.3 is 44.5 Å². The Balaban J connectivity index is 1.37. The minimum atomic E-state index is -2.68. The van der Waals surface area contributed by atoms with E-state index in [0.29, 0.717) is 0 Å². The molecule has 2 bridgehead atoms. The number of phenols is 2. The quantitative estimate of drug-likeness (QED) is 0.223. The third kappa shape index (κ3) is 3.16. The van der Waals surface area contributed by atoms with Gasteiger partial charge in [-0.05, 0) is 42.5 Å². The van der Waals surface area contributed by atoms with Crippen molar-refractivity contribution in [2.45, 2.75) is 61.8 Å². The van der Waals surface area contributed by atoms with Crippen LogP contribution in [0.2, 0.25) is 0 Å². The topological polar surface area (TPSA) is 223 Å². The molecule has 0 radical (unpaired) electrons. The average molecular weight is 625 g/mol. The third-order valence-corrected chi connectivity index (χ3v) is 10.1. The Morgan fingerprint density at radius 2 is 1.49 bits per heavy atom. The van der Waals surface area contributed by atoms with Crippen LogP contribution in [-0.2, 0) is 23.9 Å². The predicted octanol–water partition coefficient (Wildman–Crippen LogP) is 0.209. The number of phenolic OH excluding ortho intramolecular Hbond substituents is 2. The largest absolute Gasteiger partial charge is 0.506 e. The number of rotatable bonds is 2. The van der Waals surface area contributed by atoms with Gasteiger partial charge in [-0.15, -0.1) is 0 Å². The fraction of sp³-hybridized carbons (Fsp3) is 0.452. The van der Waals surface area contributed by atoms with Crippen molar-refractivity contribution in [1.82, 2.24) is 0 Å². The van der Waals surface area contributed by atoms with Gasteiger partial charge in [0.15, 0.2) is 5.78 Å². The average Bonchev–Trinajstić information content (AvgIpc) is 3.15. The van der Waals surface area contributed by atoms with Gasteiger partial charge in [0.2, 0.25) is 17.0 Å². The smallest absolute Gasteiger partial charge is 0.357 e. The molecular weight excluding hydrogens is 596 g/mol. The van der Waals surface area contributed by atoms with E-state index in [9.17, 15) is 49.5 Å². The first-order valence-electron chi connectivity index (χ1n) is 14.3. The third-order valence-electron chi connectivity index (χ3n) is 10.1. The molecule has 14 nitrogen and oxygen atoms in total. The summed E-state index contributed by atoms with van der Waals surface area (Å²) < 4.78 is 21.8. The van der Waals surface area contributed by atoms with E-state index in [1.165, 1.54) is 31.2 Å². The lowest BCUT2D eigenvalue weighted by atomic mass is 9.62. The van der Waals surface area contributed by atoms with Crippen LogP contribution in [0.5, 0.6) is 23.0 Å². The lowest BCUT2D eigenvalue weighted by molar-refractivity contribution is -0.192. The minimum absolute atomic E-state index is 0.0653. The maximum Gasteiger partial charge on any atom is 0.357 e. The zero-order valence-corrected chi connectivity index (χ0v) is 24.1. The standard InChI is InChI=1S/C31H28O14/c1-10-8-14(32)20-23(35)18-15(44-29(20,24(10)36)27(39)42-3)6-4-12(21(18)33)13-5-7-16-19(22(13)34)26(38)30(41)17-9-11(2)25(37)31(30,45-16)28(40)43-17/h4-7,10-11,17,20,24-25,33-34,36-37,41H,8-9H2,1-3H3/t10?,11-,17?,20?,24?,25-,29?,30-,31?/m0/s1. The summed E-state index contributed by atoms with van der Waals surface area (Å²) in [7, 11) is 1.01. The zero-order valence-electron chi connectivity index (χ0n) is 24.1. The number of Topliss-reactive ketones (excluding diaryl/α,β-unsaturated/α-hetero) is 3. The number of aliphatic hydroxyl groups excluding tert-OH is 2. The van der Waals surface area contributed by atoms with Crippen molar-refractivity contribution in [2.24, 2.45) is 17.8 Å². The second kappa shape index (κ2) is 9.02. The van der Waals surface area contributed by atoms with E-state index in [1.54, 1.807) is 6.92 Å². The van der Waals surface area contributed by atoms with E-state index in [2.05, 4.69) is 0 Å². The number of benzene rings is 2. The number of aliphatic hydroxyl groups is 3. The van der Waals surface area contributed by atoms with Crippen molar-refractivity contribution < 1.29 is 68.5 Å². The Morgan fingerprint density at radius 1 is 0.889 bits per heavy atom. The molecule has 2 aromatic rings. The molecule has 2 aliphatic carbocycles. The highest BCUT2D eigenvalue weighted by molar-refractivity contribution is 6.20. The summed E-state index contributed by atoms with van der Waals surface area (Å²) >= 11 is 0. The van der Waals surface area contributed by atoms with Crippen molar-refractivity contribution in [1.29, 1.82) is 0 Å². The van der Waals surface area contributed by atoms with Gasteiger partial charge in [0.25, 0.3) is 5.60 Å². The Kier molecular flexibility index (Phi) is 5.85. The molecule has 0 aromatic heterocycles. The maximum atomic E-state index is 13.9. The number of aromatic hydroxyl groups is 2. The fourth-order valence-corrected chi connectivity index (χ4v) is 7.80. The lowest BCUT2D eigenvalue weighted by Crippen LogP contribution is -2.76. The van der Waals surface area contributed by atoms with E-state index in [0.717, 1.165) is 7.11 Å². The molecule has 3 fully saturated rings. The van der Waals surface area contributed by atoms with Crippen molar-refractivity contribution >= 4 is 29.3 Å². The summed E-state index contributed by atoms with van der Waals surface area (Å²) in [5.41, 5.74) is -9.03. The highest BCUT2D eigenvalue weighted by Gasteiger charge is 2.81. The molecule has 5 N–H and O–H groups in total. The molecule has 2 aromatic carbocycles. The summed E-state index contributed by atoms with van der Waals surface area (Å²) in [5, 5.41) is 56.4. The fourth-order valence-electron chi connectivity index (χ4n) is 7.80. The van der Waals surface area contributed by atoms with E-state index in [4.69, 9.17) is 18.9 Å². The molecule has 3 aliphatic heterocycles. The van der Waals surface area contributed by atoms with Crippen LogP contribution in [0.1, 0.15) is 47.4 Å². The second-order valence-corrected chi connectivity index (χ2v) is 12.4. The number of hydrogen-bond acceptors (Lipinski definition) is 14. The Labute approximate surface area is 254 Å². The zero-order chi connectivity index (χ0) is 32.5. The number of hydrogen-bond donors (Lipinski definition) is 5. The highest BCUT2D eigenvalue weighted by Crippen LogP contribution is 2.58. The summed E-state index contributed by atoms with van der Waals surface area (Å²) in [6.07, 6.45) is -4.92. The van der Waals surface area contributed by atoms with Gasteiger partial charge in [-0.25, -0.2) is 9.59 Å². The van der Waals surface area contributed by atoms with Gasteiger partial charge in [0.05, 0.1) is 7.11 Å². The Bertz CT molecular complexity index is 1760. The monoisotopic (exact) mass is 624 g/mol. The summed E-state index contributed by atoms with van der Waals surface area (Å²) in [6, 6.07) is 4.79. The van der Waals surface area contributed by atoms with Crippen molar-refractivity contribution in [3.05, 3.63) is 35.4 Å². The van der Waals surface area contributed by atoms with Crippen LogP contribution >= 0.6 is 0 Å². The van der Waals surface area contributed by atoms with Gasteiger partial charge in [-0.3, -0.25) is 14.4 Å². The van der Waals surface area contributed by atoms with Gasteiger partial charge in [-0.1, -0.05) is 13.8 Å². The molecule has 236 valence electrons. The van der Waals surface area contributed by atoms with E-state index in [1.807, 2.05) is 0 Å². The van der Waals surface area contributed by atoms with E-state index < -0.39 is 105 Å². The van der Waals surface area contributed by atoms with Crippen LogP contribution in [-0.4, -0.2) is 97.0 Å². The van der Waals surface area contributed by atoms with Gasteiger partial charge in [0.1, 0.15) is 64.1 Å². The molecule has 9 atom stereocenters. The number of carbonyl (C=O) groups excluding carboxylic acids is 5. The number of methoxy groups -OCH3 is 1. The minimum Gasteiger partial charge on any atom is -0.506 e. The molecule has 7 rings (SSSR count). The van der Waals surface area contributed by atoms with Crippen molar-refractivity contribution in [2.75, 3.05) is 7.11 Å². The molecule has 6 unspecified atom stereocenters. The molecule has 1 saturated heterocycles.